The fourth-order valence-corrected chi connectivity index (χ4v) is 5.79. The molecule has 6 heteroatoms. The van der Waals surface area contributed by atoms with Crippen LogP contribution in [0.15, 0.2) is 18.2 Å². The van der Waals surface area contributed by atoms with Crippen LogP contribution in [-0.4, -0.2) is 54.2 Å². The number of Topliss-reactive ketones (excluding diaryl/α,β-unsaturated/α-hetero) is 1. The van der Waals surface area contributed by atoms with Crippen LogP contribution >= 0.6 is 0 Å². The molecule has 1 aromatic rings. The first kappa shape index (κ1) is 21.0. The molecule has 1 aromatic carbocycles. The number of nitrogens with zero attached hydrogens (tertiary/aromatic N) is 1. The van der Waals surface area contributed by atoms with Gasteiger partial charge in [-0.25, -0.2) is 0 Å². The summed E-state index contributed by atoms with van der Waals surface area (Å²) in [4.78, 5) is 27.7. The molecule has 2 aliphatic carbocycles. The van der Waals surface area contributed by atoms with Crippen molar-refractivity contribution in [3.8, 4) is 5.75 Å². The van der Waals surface area contributed by atoms with Crippen molar-refractivity contribution >= 4 is 17.5 Å². The van der Waals surface area contributed by atoms with Gasteiger partial charge in [0.15, 0.2) is 5.78 Å². The summed E-state index contributed by atoms with van der Waals surface area (Å²) in [5, 5.41) is 8.39. The Morgan fingerprint density at radius 1 is 1.30 bits per heavy atom. The lowest BCUT2D eigenvalue weighted by Gasteiger charge is -2.61. The van der Waals surface area contributed by atoms with Crippen LogP contribution in [0.3, 0.4) is 0 Å². The SMILES string of the molecule is COc1ccc(C)c([C@]23CCN(CC4CC4)[C@H](C)[C@]2(OC(C)=O)CC(=N)C(=O)C3)c1. The Kier molecular flexibility index (Phi) is 5.25. The summed E-state index contributed by atoms with van der Waals surface area (Å²) in [5.41, 5.74) is 0.498. The van der Waals surface area contributed by atoms with E-state index >= 15 is 0 Å². The molecule has 1 saturated heterocycles. The highest BCUT2D eigenvalue weighted by Gasteiger charge is 2.65. The Morgan fingerprint density at radius 2 is 2.03 bits per heavy atom. The van der Waals surface area contributed by atoms with Crippen molar-refractivity contribution in [1.29, 1.82) is 5.41 Å². The lowest BCUT2D eigenvalue weighted by molar-refractivity contribution is -0.192. The van der Waals surface area contributed by atoms with Crippen molar-refractivity contribution in [3.05, 3.63) is 29.3 Å². The molecule has 0 radical (unpaired) electrons. The summed E-state index contributed by atoms with van der Waals surface area (Å²) < 4.78 is 11.7. The molecular formula is C24H32N2O4. The number of likely N-dealkylation sites (tertiary alicyclic amines) is 1. The van der Waals surface area contributed by atoms with E-state index in [9.17, 15) is 9.59 Å². The molecule has 3 aliphatic rings. The highest BCUT2D eigenvalue weighted by atomic mass is 16.6. The average molecular weight is 413 g/mol. The van der Waals surface area contributed by atoms with Crippen molar-refractivity contribution in [3.63, 3.8) is 0 Å². The number of methoxy groups -OCH3 is 1. The third-order valence-corrected chi connectivity index (χ3v) is 7.57. The number of hydrogen-bond acceptors (Lipinski definition) is 6. The highest BCUT2D eigenvalue weighted by Crippen LogP contribution is 2.56. The second-order valence-corrected chi connectivity index (χ2v) is 9.37. The Hall–Kier alpha value is -2.21. The zero-order valence-electron chi connectivity index (χ0n) is 18.4. The Balaban J connectivity index is 1.90. The van der Waals surface area contributed by atoms with Gasteiger partial charge in [-0.15, -0.1) is 0 Å². The van der Waals surface area contributed by atoms with Gasteiger partial charge in [0.05, 0.1) is 12.8 Å². The lowest BCUT2D eigenvalue weighted by Crippen LogP contribution is -2.72. The maximum absolute atomic E-state index is 12.9. The monoisotopic (exact) mass is 412 g/mol. The van der Waals surface area contributed by atoms with E-state index in [0.29, 0.717) is 12.3 Å². The smallest absolute Gasteiger partial charge is 0.303 e. The summed E-state index contributed by atoms with van der Waals surface area (Å²) in [6.07, 6.45) is 3.56. The van der Waals surface area contributed by atoms with E-state index in [2.05, 4.69) is 11.8 Å². The molecule has 3 atom stereocenters. The number of carbonyl (C=O) groups excluding carboxylic acids is 2. The molecule has 2 saturated carbocycles. The molecule has 1 aliphatic heterocycles. The minimum Gasteiger partial charge on any atom is -0.497 e. The van der Waals surface area contributed by atoms with Crippen LogP contribution in [0.25, 0.3) is 0 Å². The van der Waals surface area contributed by atoms with Gasteiger partial charge in [0.25, 0.3) is 0 Å². The second kappa shape index (κ2) is 7.49. The van der Waals surface area contributed by atoms with Crippen LogP contribution in [0, 0.1) is 18.3 Å². The number of piperidine rings is 1. The molecule has 6 nitrogen and oxygen atoms in total. The minimum atomic E-state index is -0.950. The van der Waals surface area contributed by atoms with Crippen molar-refractivity contribution in [1.82, 2.24) is 4.90 Å². The van der Waals surface area contributed by atoms with Crippen LogP contribution in [0.5, 0.6) is 5.75 Å². The zero-order chi connectivity index (χ0) is 21.7. The number of benzene rings is 1. The molecule has 0 amide bonds. The molecule has 0 bridgehead atoms. The number of fused-ring (bicyclic) bond motifs is 1. The largest absolute Gasteiger partial charge is 0.497 e. The number of ketones is 1. The first-order chi connectivity index (χ1) is 14.2. The molecule has 4 rings (SSSR count). The molecular weight excluding hydrogens is 380 g/mol. The number of aryl methyl sites for hydroxylation is 1. The standard InChI is InChI=1S/C24H32N2O4/c1-15-5-8-19(29-4)11-20(15)23-9-10-26(14-18-6-7-18)16(2)24(23,30-17(3)27)12-21(25)22(28)13-23/h5,8,11,16,18,25H,6-7,9-10,12-14H2,1-4H3/t16-,23-,24-/m1/s1. The second-order valence-electron chi connectivity index (χ2n) is 9.37. The van der Waals surface area contributed by atoms with Crippen molar-refractivity contribution < 1.29 is 19.1 Å². The summed E-state index contributed by atoms with van der Waals surface area (Å²) in [5.74, 6) is 0.922. The zero-order valence-corrected chi connectivity index (χ0v) is 18.4. The first-order valence-electron chi connectivity index (χ1n) is 10.9. The normalized spacial score (nSPS) is 31.9. The first-order valence-corrected chi connectivity index (χ1v) is 10.9. The Labute approximate surface area is 178 Å². The van der Waals surface area contributed by atoms with Crippen molar-refractivity contribution in [2.24, 2.45) is 5.92 Å². The van der Waals surface area contributed by atoms with Crippen LogP contribution in [0.1, 0.15) is 57.1 Å². The van der Waals surface area contributed by atoms with Gasteiger partial charge in [-0.3, -0.25) is 14.5 Å². The maximum Gasteiger partial charge on any atom is 0.303 e. The predicted molar refractivity (Wildman–Crippen MR) is 114 cm³/mol. The third kappa shape index (κ3) is 3.25. The van der Waals surface area contributed by atoms with Gasteiger partial charge in [-0.2, -0.15) is 0 Å². The average Bonchev–Trinajstić information content (AvgIpc) is 3.51. The summed E-state index contributed by atoms with van der Waals surface area (Å²) in [6, 6.07) is 5.84. The number of ether oxygens (including phenoxy) is 2. The van der Waals surface area contributed by atoms with Gasteiger partial charge in [-0.05, 0) is 68.8 Å². The predicted octanol–water partition coefficient (Wildman–Crippen LogP) is 3.43. The molecule has 30 heavy (non-hydrogen) atoms. The van der Waals surface area contributed by atoms with E-state index in [0.717, 1.165) is 30.0 Å². The van der Waals surface area contributed by atoms with Crippen LogP contribution in [0.2, 0.25) is 0 Å². The Morgan fingerprint density at radius 3 is 2.67 bits per heavy atom. The third-order valence-electron chi connectivity index (χ3n) is 7.57. The maximum atomic E-state index is 12.9. The molecule has 0 unspecified atom stereocenters. The van der Waals surface area contributed by atoms with Crippen LogP contribution in [-0.2, 0) is 19.7 Å². The molecule has 162 valence electrons. The number of esters is 1. The summed E-state index contributed by atoms with van der Waals surface area (Å²) in [6.45, 7) is 7.41. The van der Waals surface area contributed by atoms with E-state index in [1.807, 2.05) is 25.1 Å². The van der Waals surface area contributed by atoms with Gasteiger partial charge < -0.3 is 14.9 Å². The van der Waals surface area contributed by atoms with Crippen LogP contribution in [0.4, 0.5) is 0 Å². The number of nitrogens with one attached hydrogen (secondary N) is 1. The molecule has 1 N–H and O–H groups in total. The fraction of sp³-hybridized carbons (Fsp3) is 0.625. The van der Waals surface area contributed by atoms with Gasteiger partial charge in [-0.1, -0.05) is 6.07 Å². The van der Waals surface area contributed by atoms with E-state index in [-0.39, 0.29) is 36.3 Å². The quantitative estimate of drug-likeness (QED) is 0.750. The van der Waals surface area contributed by atoms with Gasteiger partial charge >= 0.3 is 5.97 Å². The van der Waals surface area contributed by atoms with E-state index in [1.165, 1.54) is 19.8 Å². The Bertz CT molecular complexity index is 893. The van der Waals surface area contributed by atoms with E-state index < -0.39 is 11.0 Å². The number of carbonyl (C=O) groups is 2. The summed E-state index contributed by atoms with van der Waals surface area (Å²) in [7, 11) is 1.63. The topological polar surface area (TPSA) is 79.7 Å². The molecule has 1 heterocycles. The number of hydrogen-bond donors (Lipinski definition) is 1. The minimum absolute atomic E-state index is 0.0625. The highest BCUT2D eigenvalue weighted by molar-refractivity contribution is 6.40. The molecule has 0 aromatic heterocycles. The van der Waals surface area contributed by atoms with Crippen molar-refractivity contribution in [2.45, 2.75) is 69.9 Å². The lowest BCUT2D eigenvalue weighted by atomic mass is 9.52. The fourth-order valence-electron chi connectivity index (χ4n) is 5.79. The van der Waals surface area contributed by atoms with Crippen molar-refractivity contribution in [2.75, 3.05) is 20.2 Å². The molecule has 3 fully saturated rings. The van der Waals surface area contributed by atoms with E-state index in [4.69, 9.17) is 14.9 Å². The summed E-state index contributed by atoms with van der Waals surface area (Å²) >= 11 is 0. The van der Waals surface area contributed by atoms with E-state index in [1.54, 1.807) is 7.11 Å². The number of rotatable bonds is 5. The van der Waals surface area contributed by atoms with Gasteiger partial charge in [0.2, 0.25) is 0 Å². The van der Waals surface area contributed by atoms with Gasteiger partial charge in [0, 0.05) is 37.8 Å². The molecule has 0 spiro atoms. The van der Waals surface area contributed by atoms with Crippen LogP contribution < -0.4 is 4.74 Å². The van der Waals surface area contributed by atoms with Gasteiger partial charge in [0.1, 0.15) is 11.4 Å².